The van der Waals surface area contributed by atoms with Gasteiger partial charge in [-0.3, -0.25) is 4.90 Å². The second-order valence-corrected chi connectivity index (χ2v) is 8.33. The van der Waals surface area contributed by atoms with Gasteiger partial charge in [-0.25, -0.2) is 4.99 Å². The molecular weight excluding hydrogens is 356 g/mol. The molecule has 2 aliphatic heterocycles. The van der Waals surface area contributed by atoms with Crippen LogP contribution in [0.15, 0.2) is 58.3 Å². The van der Waals surface area contributed by atoms with E-state index >= 15 is 0 Å². The Labute approximate surface area is 162 Å². The molecule has 0 radical (unpaired) electrons. The van der Waals surface area contributed by atoms with Crippen molar-refractivity contribution in [2.75, 3.05) is 31.5 Å². The van der Waals surface area contributed by atoms with Crippen molar-refractivity contribution in [2.45, 2.75) is 13.5 Å². The molecule has 0 spiro atoms. The zero-order valence-corrected chi connectivity index (χ0v) is 16.1. The molecule has 0 atom stereocenters. The zero-order chi connectivity index (χ0) is 18.2. The van der Waals surface area contributed by atoms with Crippen molar-refractivity contribution < 1.29 is 4.42 Å². The Morgan fingerprint density at radius 3 is 2.81 bits per heavy atom. The van der Waals surface area contributed by atoms with E-state index in [1.807, 2.05) is 12.3 Å². The number of para-hydroxylation sites is 2. The maximum atomic E-state index is 5.20. The van der Waals surface area contributed by atoms with Crippen LogP contribution in [0, 0.1) is 6.92 Å². The molecule has 2 aromatic heterocycles. The second kappa shape index (κ2) is 6.87. The Kier molecular flexibility index (Phi) is 4.22. The van der Waals surface area contributed by atoms with Crippen LogP contribution in [-0.2, 0) is 6.54 Å². The molecule has 1 fully saturated rings. The van der Waals surface area contributed by atoms with E-state index in [0.717, 1.165) is 49.9 Å². The Bertz CT molecular complexity index is 968. The lowest BCUT2D eigenvalue weighted by Crippen LogP contribution is -2.48. The smallest absolute Gasteiger partial charge is 0.139 e. The number of fused-ring (bicyclic) bond motifs is 2. The van der Waals surface area contributed by atoms with E-state index in [1.165, 1.54) is 21.0 Å². The second-order valence-electron chi connectivity index (χ2n) is 7.07. The van der Waals surface area contributed by atoms with Crippen molar-refractivity contribution in [3.05, 3.63) is 64.9 Å². The van der Waals surface area contributed by atoms with Crippen LogP contribution in [0.5, 0.6) is 0 Å². The molecule has 3 aromatic rings. The van der Waals surface area contributed by atoms with Gasteiger partial charge in [0.25, 0.3) is 0 Å². The van der Waals surface area contributed by atoms with Crippen LogP contribution in [0.2, 0.25) is 0 Å². The summed E-state index contributed by atoms with van der Waals surface area (Å²) < 4.78 is 5.20. The van der Waals surface area contributed by atoms with Gasteiger partial charge in [0.05, 0.1) is 29.5 Å². The predicted octanol–water partition coefficient (Wildman–Crippen LogP) is 4.60. The number of thiophene rings is 1. The molecule has 1 N–H and O–H groups in total. The minimum atomic E-state index is 0.948. The largest absolute Gasteiger partial charge is 0.472 e. The van der Waals surface area contributed by atoms with E-state index in [-0.39, 0.29) is 0 Å². The van der Waals surface area contributed by atoms with Gasteiger partial charge in [-0.15, -0.1) is 11.3 Å². The van der Waals surface area contributed by atoms with Gasteiger partial charge in [-0.2, -0.15) is 0 Å². The van der Waals surface area contributed by atoms with Gasteiger partial charge in [0.2, 0.25) is 0 Å². The number of hydrogen-bond donors (Lipinski definition) is 1. The number of furan rings is 1. The minimum Gasteiger partial charge on any atom is -0.472 e. The molecule has 1 aromatic carbocycles. The Morgan fingerprint density at radius 2 is 2.00 bits per heavy atom. The van der Waals surface area contributed by atoms with Gasteiger partial charge in [-0.1, -0.05) is 12.1 Å². The standard InChI is InChI=1S/C21H22N4OS/c1-15-12-17-20(22-18-4-2-3-5-19(18)23-21(17)27-15)25-9-7-24(8-10-25)13-16-6-11-26-14-16/h2-6,11-12,14,23H,7-10,13H2,1H3. The quantitative estimate of drug-likeness (QED) is 0.708. The molecule has 2 aliphatic rings. The average Bonchev–Trinajstić information content (AvgIpc) is 3.28. The first-order chi connectivity index (χ1) is 13.3. The SMILES string of the molecule is Cc1cc2c(s1)Nc1ccccc1N=C2N1CCN(Cc2ccoc2)CC1. The maximum Gasteiger partial charge on any atom is 0.139 e. The van der Waals surface area contributed by atoms with Crippen LogP contribution in [0.1, 0.15) is 16.0 Å². The van der Waals surface area contributed by atoms with Gasteiger partial charge < -0.3 is 14.6 Å². The normalized spacial score (nSPS) is 16.9. The fraction of sp³-hybridized carbons (Fsp3) is 0.286. The number of rotatable bonds is 2. The van der Waals surface area contributed by atoms with E-state index < -0.39 is 0 Å². The molecule has 0 aliphatic carbocycles. The number of piperazine rings is 1. The Balaban J connectivity index is 1.41. The van der Waals surface area contributed by atoms with E-state index in [1.54, 1.807) is 17.6 Å². The molecule has 1 saturated heterocycles. The lowest BCUT2D eigenvalue weighted by molar-refractivity contribution is 0.175. The van der Waals surface area contributed by atoms with Crippen molar-refractivity contribution in [3.8, 4) is 0 Å². The highest BCUT2D eigenvalue weighted by molar-refractivity contribution is 7.16. The topological polar surface area (TPSA) is 44.0 Å². The molecule has 4 heterocycles. The molecule has 0 saturated carbocycles. The van der Waals surface area contributed by atoms with E-state index in [0.29, 0.717) is 0 Å². The lowest BCUT2D eigenvalue weighted by atomic mass is 10.2. The molecule has 6 heteroatoms. The Hall–Kier alpha value is -2.57. The van der Waals surface area contributed by atoms with Gasteiger partial charge >= 0.3 is 0 Å². The van der Waals surface area contributed by atoms with Crippen molar-refractivity contribution in [1.29, 1.82) is 0 Å². The zero-order valence-electron chi connectivity index (χ0n) is 15.3. The number of nitrogens with zero attached hydrogens (tertiary/aromatic N) is 3. The monoisotopic (exact) mass is 378 g/mol. The molecule has 138 valence electrons. The van der Waals surface area contributed by atoms with E-state index in [2.05, 4.69) is 52.4 Å². The molecule has 5 nitrogen and oxygen atoms in total. The van der Waals surface area contributed by atoms with Crippen molar-refractivity contribution >= 4 is 33.5 Å². The van der Waals surface area contributed by atoms with Gasteiger partial charge in [0.15, 0.2) is 0 Å². The maximum absolute atomic E-state index is 5.20. The van der Waals surface area contributed by atoms with Gasteiger partial charge in [0, 0.05) is 43.2 Å². The van der Waals surface area contributed by atoms with Crippen LogP contribution < -0.4 is 5.32 Å². The van der Waals surface area contributed by atoms with Gasteiger partial charge in [-0.05, 0) is 31.2 Å². The van der Waals surface area contributed by atoms with Crippen LogP contribution >= 0.6 is 11.3 Å². The Morgan fingerprint density at radius 1 is 1.15 bits per heavy atom. The summed E-state index contributed by atoms with van der Waals surface area (Å²) in [6.07, 6.45) is 3.58. The van der Waals surface area contributed by atoms with Crippen LogP contribution in [-0.4, -0.2) is 41.8 Å². The highest BCUT2D eigenvalue weighted by atomic mass is 32.1. The van der Waals surface area contributed by atoms with Crippen molar-refractivity contribution in [1.82, 2.24) is 9.80 Å². The number of aliphatic imine (C=N–C) groups is 1. The van der Waals surface area contributed by atoms with Gasteiger partial charge in [0.1, 0.15) is 10.8 Å². The molecule has 27 heavy (non-hydrogen) atoms. The summed E-state index contributed by atoms with van der Waals surface area (Å²) in [6, 6.07) is 12.6. The fourth-order valence-corrected chi connectivity index (χ4v) is 4.67. The number of nitrogens with one attached hydrogen (secondary N) is 1. The summed E-state index contributed by atoms with van der Waals surface area (Å²) >= 11 is 1.80. The lowest BCUT2D eigenvalue weighted by Gasteiger charge is -2.36. The highest BCUT2D eigenvalue weighted by Crippen LogP contribution is 2.39. The third-order valence-corrected chi connectivity index (χ3v) is 6.10. The summed E-state index contributed by atoms with van der Waals surface area (Å²) in [6.45, 7) is 7.12. The van der Waals surface area contributed by atoms with Crippen molar-refractivity contribution in [2.24, 2.45) is 4.99 Å². The number of anilines is 2. The molecular formula is C21H22N4OS. The average molecular weight is 379 g/mol. The fourth-order valence-electron chi connectivity index (χ4n) is 3.75. The summed E-state index contributed by atoms with van der Waals surface area (Å²) in [5, 5.41) is 4.78. The van der Waals surface area contributed by atoms with Crippen LogP contribution in [0.4, 0.5) is 16.4 Å². The number of aryl methyl sites for hydroxylation is 1. The predicted molar refractivity (Wildman–Crippen MR) is 111 cm³/mol. The number of benzene rings is 1. The summed E-state index contributed by atoms with van der Waals surface area (Å²) in [5.74, 6) is 1.09. The third-order valence-electron chi connectivity index (χ3n) is 5.13. The third kappa shape index (κ3) is 3.26. The minimum absolute atomic E-state index is 0.948. The molecule has 0 amide bonds. The van der Waals surface area contributed by atoms with E-state index in [4.69, 9.17) is 9.41 Å². The first-order valence-electron chi connectivity index (χ1n) is 9.30. The molecule has 0 bridgehead atoms. The first-order valence-corrected chi connectivity index (χ1v) is 10.1. The summed E-state index contributed by atoms with van der Waals surface area (Å²) in [4.78, 5) is 11.3. The van der Waals surface area contributed by atoms with Crippen LogP contribution in [0.25, 0.3) is 0 Å². The summed E-state index contributed by atoms with van der Waals surface area (Å²) in [5.41, 5.74) is 4.55. The van der Waals surface area contributed by atoms with Crippen molar-refractivity contribution in [3.63, 3.8) is 0 Å². The van der Waals surface area contributed by atoms with Crippen LogP contribution in [0.3, 0.4) is 0 Å². The first kappa shape index (κ1) is 16.6. The number of amidine groups is 1. The molecule has 0 unspecified atom stereocenters. The summed E-state index contributed by atoms with van der Waals surface area (Å²) in [7, 11) is 0. The highest BCUT2D eigenvalue weighted by Gasteiger charge is 2.26. The number of hydrogen-bond acceptors (Lipinski definition) is 6. The van der Waals surface area contributed by atoms with E-state index in [9.17, 15) is 0 Å². The molecule has 5 rings (SSSR count).